The van der Waals surface area contributed by atoms with Gasteiger partial charge in [0.2, 0.25) is 0 Å². The molecule has 6 heteroatoms. The van der Waals surface area contributed by atoms with Crippen molar-refractivity contribution >= 4 is 17.8 Å². The Kier molecular flexibility index (Phi) is 6.71. The van der Waals surface area contributed by atoms with E-state index in [4.69, 9.17) is 4.74 Å². The van der Waals surface area contributed by atoms with Gasteiger partial charge in [0.25, 0.3) is 11.8 Å². The van der Waals surface area contributed by atoms with Crippen LogP contribution in [0.15, 0.2) is 60.7 Å². The maximum Gasteiger partial charge on any atom is 0.328 e. The summed E-state index contributed by atoms with van der Waals surface area (Å²) < 4.78 is 4.93. The molecule has 0 unspecified atom stereocenters. The first-order valence-electron chi connectivity index (χ1n) is 7.89. The monoisotopic (exact) mass is 340 g/mol. The molecule has 1 atom stereocenters. The van der Waals surface area contributed by atoms with E-state index in [1.165, 1.54) is 6.92 Å². The minimum atomic E-state index is -0.852. The van der Waals surface area contributed by atoms with Crippen molar-refractivity contribution in [3.05, 3.63) is 71.8 Å². The molecule has 0 aliphatic rings. The molecule has 2 rings (SSSR count). The fourth-order valence-corrected chi connectivity index (χ4v) is 2.04. The van der Waals surface area contributed by atoms with Crippen LogP contribution in [0.4, 0.5) is 0 Å². The standard InChI is InChI=1S/C19H20N2O4/c1-14(21-18(23)16-10-6-3-7-11-16)19(24)25-13-17(22)20-12-15-8-4-2-5-9-15/h2-11,14H,12-13H2,1H3,(H,20,22)(H,21,23)/t14-/m0/s1. The molecule has 2 N–H and O–H groups in total. The first-order chi connectivity index (χ1) is 12.1. The van der Waals surface area contributed by atoms with Crippen molar-refractivity contribution in [1.29, 1.82) is 0 Å². The lowest BCUT2D eigenvalue weighted by Gasteiger charge is -2.13. The van der Waals surface area contributed by atoms with Crippen LogP contribution in [0.3, 0.4) is 0 Å². The normalized spacial score (nSPS) is 11.2. The molecule has 0 radical (unpaired) electrons. The molecule has 0 saturated carbocycles. The molecule has 0 bridgehead atoms. The summed E-state index contributed by atoms with van der Waals surface area (Å²) in [6.07, 6.45) is 0. The Morgan fingerprint density at radius 2 is 1.56 bits per heavy atom. The maximum atomic E-state index is 12.0. The molecular formula is C19H20N2O4. The van der Waals surface area contributed by atoms with Gasteiger partial charge in [0, 0.05) is 12.1 Å². The van der Waals surface area contributed by atoms with Gasteiger partial charge in [-0.15, -0.1) is 0 Å². The number of amides is 2. The Balaban J connectivity index is 1.71. The molecule has 25 heavy (non-hydrogen) atoms. The minimum Gasteiger partial charge on any atom is -0.454 e. The van der Waals surface area contributed by atoms with Crippen molar-refractivity contribution in [2.45, 2.75) is 19.5 Å². The van der Waals surface area contributed by atoms with Gasteiger partial charge in [-0.2, -0.15) is 0 Å². The van der Waals surface area contributed by atoms with Gasteiger partial charge in [0.1, 0.15) is 6.04 Å². The highest BCUT2D eigenvalue weighted by atomic mass is 16.5. The second-order valence-corrected chi connectivity index (χ2v) is 5.43. The second-order valence-electron chi connectivity index (χ2n) is 5.43. The van der Waals surface area contributed by atoms with Gasteiger partial charge in [0.05, 0.1) is 0 Å². The summed E-state index contributed by atoms with van der Waals surface area (Å²) >= 11 is 0. The van der Waals surface area contributed by atoms with Crippen molar-refractivity contribution in [2.75, 3.05) is 6.61 Å². The fourth-order valence-electron chi connectivity index (χ4n) is 2.04. The van der Waals surface area contributed by atoms with E-state index in [1.807, 2.05) is 30.3 Å². The van der Waals surface area contributed by atoms with Crippen molar-refractivity contribution in [1.82, 2.24) is 10.6 Å². The predicted octanol–water partition coefficient (Wildman–Crippen LogP) is 1.66. The number of carbonyl (C=O) groups excluding carboxylic acids is 3. The number of benzene rings is 2. The van der Waals surface area contributed by atoms with Crippen LogP contribution in [0.5, 0.6) is 0 Å². The number of rotatable bonds is 7. The van der Waals surface area contributed by atoms with E-state index in [0.717, 1.165) is 5.56 Å². The summed E-state index contributed by atoms with van der Waals surface area (Å²) in [6, 6.07) is 17.1. The smallest absolute Gasteiger partial charge is 0.328 e. The van der Waals surface area contributed by atoms with Crippen molar-refractivity contribution in [3.63, 3.8) is 0 Å². The van der Waals surface area contributed by atoms with Crippen LogP contribution < -0.4 is 10.6 Å². The highest BCUT2D eigenvalue weighted by Crippen LogP contribution is 2.00. The summed E-state index contributed by atoms with van der Waals surface area (Å²) in [6.45, 7) is 1.47. The first-order valence-corrected chi connectivity index (χ1v) is 7.89. The predicted molar refractivity (Wildman–Crippen MR) is 92.6 cm³/mol. The van der Waals surface area contributed by atoms with E-state index in [2.05, 4.69) is 10.6 Å². The van der Waals surface area contributed by atoms with Crippen LogP contribution in [0, 0.1) is 0 Å². The van der Waals surface area contributed by atoms with E-state index in [-0.39, 0.29) is 5.91 Å². The fraction of sp³-hybridized carbons (Fsp3) is 0.211. The quantitative estimate of drug-likeness (QED) is 0.751. The first kappa shape index (κ1) is 18.2. The Hall–Kier alpha value is -3.15. The van der Waals surface area contributed by atoms with Gasteiger partial charge in [-0.05, 0) is 24.6 Å². The number of nitrogens with one attached hydrogen (secondary N) is 2. The number of ether oxygens (including phenoxy) is 1. The van der Waals surface area contributed by atoms with Crippen LogP contribution in [0.2, 0.25) is 0 Å². The molecule has 6 nitrogen and oxygen atoms in total. The van der Waals surface area contributed by atoms with Gasteiger partial charge in [-0.25, -0.2) is 4.79 Å². The molecular weight excluding hydrogens is 320 g/mol. The summed E-state index contributed by atoms with van der Waals surface area (Å²) in [7, 11) is 0. The van der Waals surface area contributed by atoms with Crippen LogP contribution >= 0.6 is 0 Å². The average Bonchev–Trinajstić information content (AvgIpc) is 2.65. The number of esters is 1. The lowest BCUT2D eigenvalue weighted by molar-refractivity contribution is -0.150. The Labute approximate surface area is 146 Å². The molecule has 130 valence electrons. The van der Waals surface area contributed by atoms with Gasteiger partial charge in [0.15, 0.2) is 6.61 Å². The zero-order valence-electron chi connectivity index (χ0n) is 13.9. The average molecular weight is 340 g/mol. The van der Waals surface area contributed by atoms with Gasteiger partial charge >= 0.3 is 5.97 Å². The molecule has 0 aromatic heterocycles. The molecule has 2 aromatic rings. The summed E-state index contributed by atoms with van der Waals surface area (Å²) in [5.74, 6) is -1.45. The van der Waals surface area contributed by atoms with Gasteiger partial charge in [-0.1, -0.05) is 48.5 Å². The van der Waals surface area contributed by atoms with Crippen LogP contribution in [-0.4, -0.2) is 30.4 Å². The van der Waals surface area contributed by atoms with E-state index >= 15 is 0 Å². The molecule has 0 saturated heterocycles. The van der Waals surface area contributed by atoms with E-state index in [9.17, 15) is 14.4 Å². The largest absolute Gasteiger partial charge is 0.454 e. The number of hydrogen-bond acceptors (Lipinski definition) is 4. The maximum absolute atomic E-state index is 12.0. The highest BCUT2D eigenvalue weighted by Gasteiger charge is 2.18. The summed E-state index contributed by atoms with van der Waals surface area (Å²) in [4.78, 5) is 35.5. The van der Waals surface area contributed by atoms with E-state index < -0.39 is 24.5 Å². The SMILES string of the molecule is C[C@H](NC(=O)c1ccccc1)C(=O)OCC(=O)NCc1ccccc1. The van der Waals surface area contributed by atoms with E-state index in [0.29, 0.717) is 12.1 Å². The number of carbonyl (C=O) groups is 3. The molecule has 0 aliphatic heterocycles. The molecule has 0 spiro atoms. The van der Waals surface area contributed by atoms with Crippen molar-refractivity contribution in [3.8, 4) is 0 Å². The molecule has 2 aromatic carbocycles. The highest BCUT2D eigenvalue weighted by molar-refractivity contribution is 5.96. The topological polar surface area (TPSA) is 84.5 Å². The minimum absolute atomic E-state index is 0.359. The van der Waals surface area contributed by atoms with Crippen LogP contribution in [0.25, 0.3) is 0 Å². The molecule has 0 aliphatic carbocycles. The summed E-state index contributed by atoms with van der Waals surface area (Å²) in [5.41, 5.74) is 1.40. The third-order valence-electron chi connectivity index (χ3n) is 3.42. The van der Waals surface area contributed by atoms with Crippen LogP contribution in [0.1, 0.15) is 22.8 Å². The van der Waals surface area contributed by atoms with Gasteiger partial charge < -0.3 is 15.4 Å². The lowest BCUT2D eigenvalue weighted by Crippen LogP contribution is -2.40. The third kappa shape index (κ3) is 6.10. The van der Waals surface area contributed by atoms with Crippen LogP contribution in [-0.2, 0) is 20.9 Å². The molecule has 0 fully saturated rings. The Morgan fingerprint density at radius 1 is 0.960 bits per heavy atom. The summed E-state index contributed by atoms with van der Waals surface area (Å²) in [5, 5.41) is 5.19. The zero-order chi connectivity index (χ0) is 18.1. The Bertz CT molecular complexity index is 717. The molecule has 2 amide bonds. The third-order valence-corrected chi connectivity index (χ3v) is 3.42. The van der Waals surface area contributed by atoms with E-state index in [1.54, 1.807) is 30.3 Å². The van der Waals surface area contributed by atoms with Gasteiger partial charge in [-0.3, -0.25) is 9.59 Å². The number of hydrogen-bond donors (Lipinski definition) is 2. The van der Waals surface area contributed by atoms with Crippen molar-refractivity contribution < 1.29 is 19.1 Å². The Morgan fingerprint density at radius 3 is 2.20 bits per heavy atom. The zero-order valence-corrected chi connectivity index (χ0v) is 13.9. The lowest BCUT2D eigenvalue weighted by atomic mass is 10.2. The molecule has 0 heterocycles. The second kappa shape index (κ2) is 9.22. The van der Waals surface area contributed by atoms with Crippen molar-refractivity contribution in [2.24, 2.45) is 0 Å².